The van der Waals surface area contributed by atoms with Gasteiger partial charge in [-0.1, -0.05) is 17.7 Å². The number of ether oxygens (including phenoxy) is 1. The number of carbonyl (C=O) groups is 1. The lowest BCUT2D eigenvalue weighted by Gasteiger charge is -2.28. The summed E-state index contributed by atoms with van der Waals surface area (Å²) in [6, 6.07) is 5.44. The summed E-state index contributed by atoms with van der Waals surface area (Å²) in [6.45, 7) is 1.37. The molecule has 1 amide bonds. The highest BCUT2D eigenvalue weighted by molar-refractivity contribution is 7.79. The van der Waals surface area contributed by atoms with Gasteiger partial charge in [-0.05, 0) is 56.4 Å². The van der Waals surface area contributed by atoms with Gasteiger partial charge in [0.2, 0.25) is 5.91 Å². The van der Waals surface area contributed by atoms with E-state index in [2.05, 4.69) is 46.0 Å². The number of anilines is 2. The molecule has 2 aliphatic rings. The number of aromatic nitrogens is 3. The summed E-state index contributed by atoms with van der Waals surface area (Å²) in [4.78, 5) is 16.9. The predicted octanol–water partition coefficient (Wildman–Crippen LogP) is 5.91. The van der Waals surface area contributed by atoms with Crippen molar-refractivity contribution in [2.45, 2.75) is 50.7 Å². The first kappa shape index (κ1) is 30.4. The molecule has 0 spiro atoms. The molecule has 2 heterocycles. The number of methoxy groups -OCH3 is 1. The van der Waals surface area contributed by atoms with Gasteiger partial charge in [-0.2, -0.15) is 30.4 Å². The van der Waals surface area contributed by atoms with Gasteiger partial charge in [-0.15, -0.1) is 0 Å². The van der Waals surface area contributed by atoms with Crippen molar-refractivity contribution in [3.8, 4) is 0 Å². The number of fused-ring (bicyclic) bond motifs is 1. The Morgan fingerprint density at radius 2 is 1.92 bits per heavy atom. The molecular formula is C25H31ClF3N5O2S2. The molecule has 0 bridgehead atoms. The number of nitrogens with zero attached hydrogens (tertiary/aromatic N) is 3. The number of alkyl halides is 2. The van der Waals surface area contributed by atoms with E-state index in [4.69, 9.17) is 16.3 Å². The van der Waals surface area contributed by atoms with Gasteiger partial charge in [0.05, 0.1) is 30.1 Å². The summed E-state index contributed by atoms with van der Waals surface area (Å²) in [5.74, 6) is -6.41. The van der Waals surface area contributed by atoms with E-state index in [0.29, 0.717) is 22.7 Å². The average molecular weight is 590 g/mol. The molecule has 2 N–H and O–H groups in total. The summed E-state index contributed by atoms with van der Waals surface area (Å²) in [5.41, 5.74) is -0.243. The minimum absolute atomic E-state index is 0.0743. The molecule has 0 radical (unpaired) electrons. The molecule has 2 saturated carbocycles. The molecule has 1 aromatic carbocycles. The Morgan fingerprint density at radius 3 is 2.50 bits per heavy atom. The average Bonchev–Trinajstić information content (AvgIpc) is 3.13. The Morgan fingerprint density at radius 1 is 1.24 bits per heavy atom. The summed E-state index contributed by atoms with van der Waals surface area (Å²) >= 11 is 13.0. The van der Waals surface area contributed by atoms with Crippen LogP contribution < -0.4 is 10.6 Å². The van der Waals surface area contributed by atoms with Crippen molar-refractivity contribution in [1.29, 1.82) is 0 Å². The second-order valence-corrected chi connectivity index (χ2v) is 9.40. The first-order chi connectivity index (χ1) is 18.2. The smallest absolute Gasteiger partial charge is 0.271 e. The zero-order valence-electron chi connectivity index (χ0n) is 21.4. The number of carbonyl (C=O) groups excluding carboxylic acids is 1. The third-order valence-corrected chi connectivity index (χ3v) is 7.07. The van der Waals surface area contributed by atoms with Gasteiger partial charge in [0.25, 0.3) is 5.92 Å². The fourth-order valence-corrected chi connectivity index (χ4v) is 4.71. The predicted molar refractivity (Wildman–Crippen MR) is 150 cm³/mol. The van der Waals surface area contributed by atoms with Crippen LogP contribution in [0.15, 0.2) is 30.5 Å². The van der Waals surface area contributed by atoms with Gasteiger partial charge in [0.15, 0.2) is 10.8 Å². The molecular weight excluding hydrogens is 559 g/mol. The van der Waals surface area contributed by atoms with Crippen molar-refractivity contribution in [2.75, 3.05) is 24.9 Å². The Kier molecular flexibility index (Phi) is 9.88. The first-order valence-electron chi connectivity index (χ1n) is 11.8. The summed E-state index contributed by atoms with van der Waals surface area (Å²) in [5, 5.41) is 10.2. The van der Waals surface area contributed by atoms with Crippen molar-refractivity contribution in [3.05, 3.63) is 52.7 Å². The van der Waals surface area contributed by atoms with Crippen LogP contribution in [0.2, 0.25) is 5.15 Å². The Balaban J connectivity index is 0.000000956. The van der Waals surface area contributed by atoms with Crippen molar-refractivity contribution >= 4 is 59.8 Å². The van der Waals surface area contributed by atoms with E-state index in [0.717, 1.165) is 25.3 Å². The number of rotatable bonds is 7. The van der Waals surface area contributed by atoms with Crippen LogP contribution in [0.5, 0.6) is 0 Å². The monoisotopic (exact) mass is 589 g/mol. The summed E-state index contributed by atoms with van der Waals surface area (Å²) in [6.07, 6.45) is 7.45. The van der Waals surface area contributed by atoms with Crippen molar-refractivity contribution in [1.82, 2.24) is 19.9 Å². The molecule has 5 rings (SSSR count). The van der Waals surface area contributed by atoms with Crippen LogP contribution in [-0.2, 0) is 16.1 Å². The van der Waals surface area contributed by atoms with E-state index in [1.54, 1.807) is 18.6 Å². The van der Waals surface area contributed by atoms with E-state index in [1.165, 1.54) is 36.9 Å². The minimum Gasteiger partial charge on any atom is -0.378 e. The molecule has 2 aliphatic carbocycles. The SMILES string of the molecule is COCc1c(Nc2ccc(C3C(F)(F)C3(C)C(=O)NC3CCC3)c(F)c2)cnc2cc(Cl)nn12.CS.CS. The largest absolute Gasteiger partial charge is 0.378 e. The molecule has 7 nitrogen and oxygen atoms in total. The fourth-order valence-electron chi connectivity index (χ4n) is 4.54. The van der Waals surface area contributed by atoms with Gasteiger partial charge in [-0.3, -0.25) is 4.79 Å². The minimum atomic E-state index is -3.34. The molecule has 38 heavy (non-hydrogen) atoms. The van der Waals surface area contributed by atoms with Crippen LogP contribution in [0.25, 0.3) is 5.65 Å². The maximum atomic E-state index is 15.1. The van der Waals surface area contributed by atoms with Crippen LogP contribution in [0.4, 0.5) is 24.5 Å². The number of amides is 1. The zero-order chi connectivity index (χ0) is 28.3. The van der Waals surface area contributed by atoms with Gasteiger partial charge in [0, 0.05) is 24.9 Å². The Bertz CT molecular complexity index is 1290. The second kappa shape index (κ2) is 12.4. The highest BCUT2D eigenvalue weighted by Crippen LogP contribution is 2.71. The van der Waals surface area contributed by atoms with Crippen molar-refractivity contribution < 1.29 is 22.7 Å². The lowest BCUT2D eigenvalue weighted by atomic mass is 9.91. The number of hydrogen-bond donors (Lipinski definition) is 4. The third kappa shape index (κ3) is 5.45. The molecule has 13 heteroatoms. The number of benzene rings is 1. The van der Waals surface area contributed by atoms with Gasteiger partial charge in [0.1, 0.15) is 11.2 Å². The van der Waals surface area contributed by atoms with Crippen LogP contribution in [0.3, 0.4) is 0 Å². The van der Waals surface area contributed by atoms with Gasteiger partial charge in [-0.25, -0.2) is 22.7 Å². The molecule has 2 aromatic heterocycles. The quantitative estimate of drug-likeness (QED) is 0.258. The molecule has 208 valence electrons. The molecule has 2 atom stereocenters. The van der Waals surface area contributed by atoms with E-state index in [-0.39, 0.29) is 23.4 Å². The maximum Gasteiger partial charge on any atom is 0.271 e. The molecule has 2 unspecified atom stereocenters. The lowest BCUT2D eigenvalue weighted by Crippen LogP contribution is -2.44. The molecule has 0 saturated heterocycles. The second-order valence-electron chi connectivity index (χ2n) is 9.01. The van der Waals surface area contributed by atoms with Crippen molar-refractivity contribution in [3.63, 3.8) is 0 Å². The third-order valence-electron chi connectivity index (χ3n) is 6.89. The number of halogens is 4. The molecule has 0 aliphatic heterocycles. The van der Waals surface area contributed by atoms with Crippen molar-refractivity contribution in [2.24, 2.45) is 5.41 Å². The fraction of sp³-hybridized carbons (Fsp3) is 0.480. The maximum absolute atomic E-state index is 15.1. The molecule has 3 aromatic rings. The number of hydrogen-bond acceptors (Lipinski definition) is 7. The highest BCUT2D eigenvalue weighted by Gasteiger charge is 2.82. The number of thiol groups is 2. The summed E-state index contributed by atoms with van der Waals surface area (Å²) in [7, 11) is 1.52. The van der Waals surface area contributed by atoms with E-state index >= 15 is 4.39 Å². The first-order valence-corrected chi connectivity index (χ1v) is 14.0. The Labute approximate surface area is 235 Å². The van der Waals surface area contributed by atoms with E-state index < -0.39 is 29.0 Å². The van der Waals surface area contributed by atoms with Crippen LogP contribution >= 0.6 is 36.9 Å². The highest BCUT2D eigenvalue weighted by atomic mass is 35.5. The number of nitrogens with one attached hydrogen (secondary N) is 2. The van der Waals surface area contributed by atoms with Crippen LogP contribution in [-0.4, -0.2) is 52.1 Å². The molecule has 2 fully saturated rings. The van der Waals surface area contributed by atoms with Crippen LogP contribution in [0, 0.1) is 11.2 Å². The zero-order valence-corrected chi connectivity index (χ0v) is 24.0. The summed E-state index contributed by atoms with van der Waals surface area (Å²) < 4.78 is 51.4. The van der Waals surface area contributed by atoms with E-state index in [1.807, 2.05) is 0 Å². The topological polar surface area (TPSA) is 80.5 Å². The standard InChI is InChI=1S/C23H23ClF3N5O2.2CH4S/c1-22(21(33)30-12-4-3-5-12)20(23(22,26)27)14-7-6-13(8-15(14)25)29-16-10-28-19-9-18(24)31-32(19)17(16)11-34-2;2*1-2/h6-10,12,20,29H,3-5,11H2,1-2H3,(H,30,33);2*2H,1H3. The van der Waals surface area contributed by atoms with Gasteiger partial charge < -0.3 is 15.4 Å². The lowest BCUT2D eigenvalue weighted by molar-refractivity contribution is -0.130. The normalized spacial score (nSPS) is 21.4. The van der Waals surface area contributed by atoms with Gasteiger partial charge >= 0.3 is 0 Å². The van der Waals surface area contributed by atoms with Crippen LogP contribution in [0.1, 0.15) is 43.4 Å². The van der Waals surface area contributed by atoms with E-state index in [9.17, 15) is 13.6 Å². The Hall–Kier alpha value is -2.15.